The third kappa shape index (κ3) is 3.41. The fourth-order valence-corrected chi connectivity index (χ4v) is 5.43. The maximum atomic E-state index is 13.2. The van der Waals surface area contributed by atoms with Crippen LogP contribution < -0.4 is 10.1 Å². The third-order valence-corrected chi connectivity index (χ3v) is 7.03. The zero-order valence-corrected chi connectivity index (χ0v) is 19.0. The number of nitrogens with one attached hydrogen (secondary N) is 1. The second-order valence-corrected chi connectivity index (χ2v) is 9.00. The molecule has 0 radical (unpaired) electrons. The fraction of sp³-hybridized carbons (Fsp3) is 0.240. The molecule has 1 saturated heterocycles. The van der Waals surface area contributed by atoms with Crippen molar-refractivity contribution in [2.24, 2.45) is 0 Å². The molecule has 34 heavy (non-hydrogen) atoms. The summed E-state index contributed by atoms with van der Waals surface area (Å²) in [5.74, 6) is -0.881. The number of likely N-dealkylation sites (tertiary alicyclic amines) is 1. The number of anilines is 1. The van der Waals surface area contributed by atoms with Gasteiger partial charge in [-0.2, -0.15) is 0 Å². The molecule has 2 aliphatic rings. The highest BCUT2D eigenvalue weighted by Gasteiger charge is 2.68. The van der Waals surface area contributed by atoms with E-state index >= 15 is 0 Å². The molecule has 2 heterocycles. The van der Waals surface area contributed by atoms with Crippen molar-refractivity contribution in [1.29, 1.82) is 0 Å². The van der Waals surface area contributed by atoms with E-state index in [1.807, 2.05) is 0 Å². The highest BCUT2D eigenvalue weighted by molar-refractivity contribution is 6.32. The summed E-state index contributed by atoms with van der Waals surface area (Å²) in [6.45, 7) is 0.503. The molecule has 0 saturated carbocycles. The monoisotopic (exact) mass is 481 g/mol. The van der Waals surface area contributed by atoms with Crippen LogP contribution in [-0.2, 0) is 16.9 Å². The second-order valence-electron chi connectivity index (χ2n) is 8.59. The van der Waals surface area contributed by atoms with Crippen molar-refractivity contribution in [1.82, 2.24) is 4.90 Å². The first-order valence-corrected chi connectivity index (χ1v) is 11.1. The summed E-state index contributed by atoms with van der Waals surface area (Å²) in [6, 6.07) is 16.9. The minimum absolute atomic E-state index is 0.198. The molecule has 1 fully saturated rings. The van der Waals surface area contributed by atoms with E-state index in [1.165, 1.54) is 12.1 Å². The van der Waals surface area contributed by atoms with E-state index < -0.39 is 23.4 Å². The number of hydrogen-bond acceptors (Lipinski definition) is 5. The van der Waals surface area contributed by atoms with Gasteiger partial charge in [0.2, 0.25) is 0 Å². The van der Waals surface area contributed by atoms with Gasteiger partial charge in [-0.15, -0.1) is 0 Å². The summed E-state index contributed by atoms with van der Waals surface area (Å²) in [5, 5.41) is 15.5. The van der Waals surface area contributed by atoms with Crippen LogP contribution in [0.4, 0.5) is 10.1 Å². The Hall–Kier alpha value is -3.49. The van der Waals surface area contributed by atoms with Gasteiger partial charge in [0.25, 0.3) is 11.9 Å². The second kappa shape index (κ2) is 8.38. The predicted molar refractivity (Wildman–Crippen MR) is 125 cm³/mol. The van der Waals surface area contributed by atoms with E-state index in [4.69, 9.17) is 16.3 Å². The van der Waals surface area contributed by atoms with Crippen molar-refractivity contribution < 1.29 is 18.8 Å². The molecule has 2 aliphatic heterocycles. The van der Waals surface area contributed by atoms with Gasteiger partial charge in [-0.25, -0.2) is 4.39 Å². The first kappa shape index (κ1) is 22.3. The van der Waals surface area contributed by atoms with Crippen LogP contribution in [-0.4, -0.2) is 35.4 Å². The Morgan fingerprint density at radius 1 is 1.21 bits per heavy atom. The Kier molecular flexibility index (Phi) is 5.50. The number of likely N-dealkylation sites (N-methyl/N-ethyl adjacent to an activating group) is 1. The molecule has 1 N–H and O–H groups in total. The molecule has 1 amide bonds. The molecule has 0 unspecified atom stereocenters. The average molecular weight is 482 g/mol. The van der Waals surface area contributed by atoms with Crippen LogP contribution in [0.25, 0.3) is 0 Å². The van der Waals surface area contributed by atoms with E-state index in [-0.39, 0.29) is 17.3 Å². The van der Waals surface area contributed by atoms with Crippen LogP contribution in [0.3, 0.4) is 0 Å². The highest BCUT2D eigenvalue weighted by Crippen LogP contribution is 2.52. The first-order chi connectivity index (χ1) is 16.3. The van der Waals surface area contributed by atoms with E-state index in [2.05, 4.69) is 5.32 Å². The molecule has 174 valence electrons. The summed E-state index contributed by atoms with van der Waals surface area (Å²) < 4.78 is 18.9. The van der Waals surface area contributed by atoms with Crippen molar-refractivity contribution in [2.75, 3.05) is 18.9 Å². The van der Waals surface area contributed by atoms with Crippen LogP contribution in [0, 0.1) is 15.9 Å². The fourth-order valence-electron chi connectivity index (χ4n) is 5.19. The van der Waals surface area contributed by atoms with Gasteiger partial charge in [-0.05, 0) is 48.5 Å². The normalized spacial score (nSPS) is 23.7. The van der Waals surface area contributed by atoms with E-state index in [0.717, 1.165) is 5.56 Å². The van der Waals surface area contributed by atoms with E-state index in [1.54, 1.807) is 66.5 Å². The molecule has 0 bridgehead atoms. The van der Waals surface area contributed by atoms with Gasteiger partial charge >= 0.3 is 0 Å². The molecule has 5 rings (SSSR count). The van der Waals surface area contributed by atoms with Gasteiger partial charge in [-0.1, -0.05) is 48.0 Å². The quantitative estimate of drug-likeness (QED) is 0.426. The Bertz CT molecular complexity index is 1290. The number of carbonyl (C=O) groups excluding carboxylic acids is 1. The summed E-state index contributed by atoms with van der Waals surface area (Å²) in [5.41, 5.74) is 1.23. The van der Waals surface area contributed by atoms with Crippen molar-refractivity contribution in [3.63, 3.8) is 0 Å². The number of nitro groups is 1. The molecule has 0 aliphatic carbocycles. The number of nitrogens with zero attached hydrogens (tertiary/aromatic N) is 2. The predicted octanol–water partition coefficient (Wildman–Crippen LogP) is 4.58. The van der Waals surface area contributed by atoms with Gasteiger partial charge in [0, 0.05) is 22.7 Å². The number of rotatable bonds is 5. The number of hydrogen-bond donors (Lipinski definition) is 1. The van der Waals surface area contributed by atoms with Gasteiger partial charge < -0.3 is 10.1 Å². The molecule has 3 aromatic carbocycles. The van der Waals surface area contributed by atoms with Crippen LogP contribution in [0.15, 0.2) is 66.7 Å². The van der Waals surface area contributed by atoms with Crippen LogP contribution >= 0.6 is 11.6 Å². The van der Waals surface area contributed by atoms with Crippen LogP contribution in [0.1, 0.15) is 22.6 Å². The zero-order valence-electron chi connectivity index (χ0n) is 18.2. The number of benzene rings is 3. The van der Waals surface area contributed by atoms with E-state index in [9.17, 15) is 19.3 Å². The lowest BCUT2D eigenvalue weighted by atomic mass is 9.79. The summed E-state index contributed by atoms with van der Waals surface area (Å²) in [7, 11) is 1.74. The smallest absolute Gasteiger partial charge is 0.256 e. The molecule has 3 atom stereocenters. The Labute approximate surface area is 200 Å². The number of carbonyl (C=O) groups is 1. The lowest BCUT2D eigenvalue weighted by molar-refractivity contribution is -0.534. The van der Waals surface area contributed by atoms with Crippen molar-refractivity contribution >= 4 is 23.2 Å². The summed E-state index contributed by atoms with van der Waals surface area (Å²) >= 11 is 6.48. The molecule has 3 aromatic rings. The molecule has 0 aromatic heterocycles. The van der Waals surface area contributed by atoms with E-state index in [0.29, 0.717) is 34.1 Å². The minimum atomic E-state index is -1.41. The number of ether oxygens (including phenoxy) is 1. The lowest BCUT2D eigenvalue weighted by Crippen LogP contribution is -2.54. The van der Waals surface area contributed by atoms with Gasteiger partial charge in [0.1, 0.15) is 18.2 Å². The maximum Gasteiger partial charge on any atom is 0.256 e. The van der Waals surface area contributed by atoms with Crippen molar-refractivity contribution in [3.05, 3.63) is 104 Å². The maximum absolute atomic E-state index is 13.2. The number of para-hydroxylation sites is 1. The minimum Gasteiger partial charge on any atom is -0.487 e. The largest absolute Gasteiger partial charge is 0.487 e. The van der Waals surface area contributed by atoms with Crippen molar-refractivity contribution in [2.45, 2.75) is 24.1 Å². The number of halogens is 2. The topological polar surface area (TPSA) is 84.7 Å². The molecular weight excluding hydrogens is 461 g/mol. The van der Waals surface area contributed by atoms with Crippen molar-refractivity contribution in [3.8, 4) is 5.75 Å². The van der Waals surface area contributed by atoms with Crippen LogP contribution in [0.2, 0.25) is 5.02 Å². The van der Waals surface area contributed by atoms with Gasteiger partial charge in [0.15, 0.2) is 5.54 Å². The summed E-state index contributed by atoms with van der Waals surface area (Å²) in [4.78, 5) is 27.0. The average Bonchev–Trinajstić information content (AvgIpc) is 3.29. The standard InChI is InChI=1S/C25H21ClFN3O4/c1-29-13-18(23(30(32)33)25(29)19-4-2-3-5-21(19)28-24(25)31)16-8-11-22(20(26)12-16)34-14-15-6-9-17(27)10-7-15/h2-12,18,23H,13-14H2,1H3,(H,28,31)/t18-,23-,25+/m1/s1. The zero-order chi connectivity index (χ0) is 24.0. The first-order valence-electron chi connectivity index (χ1n) is 10.7. The molecule has 1 spiro atoms. The summed E-state index contributed by atoms with van der Waals surface area (Å²) in [6.07, 6.45) is 0. The Balaban J connectivity index is 1.46. The molecule has 9 heteroatoms. The number of amides is 1. The molecular formula is C25H21ClFN3O4. The Morgan fingerprint density at radius 3 is 2.65 bits per heavy atom. The van der Waals surface area contributed by atoms with Gasteiger partial charge in [0.05, 0.1) is 10.9 Å². The van der Waals surface area contributed by atoms with Crippen LogP contribution in [0.5, 0.6) is 5.75 Å². The highest BCUT2D eigenvalue weighted by atomic mass is 35.5. The lowest BCUT2D eigenvalue weighted by Gasteiger charge is -2.30. The number of fused-ring (bicyclic) bond motifs is 2. The SMILES string of the molecule is CN1C[C@H](c2ccc(OCc3ccc(F)cc3)c(Cl)c2)[C@@H]([N+](=O)[O-])[C@@]12C(=O)Nc1ccccc12. The molecule has 7 nitrogen and oxygen atoms in total. The third-order valence-electron chi connectivity index (χ3n) is 6.73. The van der Waals surface area contributed by atoms with Gasteiger partial charge in [-0.3, -0.25) is 19.8 Å². The Morgan fingerprint density at radius 2 is 1.94 bits per heavy atom.